The van der Waals surface area contributed by atoms with Crippen molar-refractivity contribution in [3.63, 3.8) is 0 Å². The minimum Gasteiger partial charge on any atom is -0.497 e. The van der Waals surface area contributed by atoms with Gasteiger partial charge in [-0.25, -0.2) is 4.79 Å². The average Bonchev–Trinajstić information content (AvgIpc) is 2.66. The van der Waals surface area contributed by atoms with E-state index in [0.29, 0.717) is 37.1 Å². The van der Waals surface area contributed by atoms with Crippen LogP contribution in [0.15, 0.2) is 36.7 Å². The molecule has 0 atom stereocenters. The van der Waals surface area contributed by atoms with E-state index in [1.807, 2.05) is 31.0 Å². The number of amides is 2. The van der Waals surface area contributed by atoms with Gasteiger partial charge < -0.3 is 24.6 Å². The van der Waals surface area contributed by atoms with Gasteiger partial charge >= 0.3 is 6.03 Å². The molecule has 2 rings (SSSR count). The van der Waals surface area contributed by atoms with E-state index in [2.05, 4.69) is 15.3 Å². The second-order valence-electron chi connectivity index (χ2n) is 5.67. The van der Waals surface area contributed by atoms with Crippen molar-refractivity contribution < 1.29 is 14.3 Å². The molecule has 0 fully saturated rings. The van der Waals surface area contributed by atoms with E-state index in [4.69, 9.17) is 9.47 Å². The molecule has 1 heterocycles. The molecular weight excluding hydrogens is 334 g/mol. The molecule has 0 radical (unpaired) electrons. The molecule has 0 unspecified atom stereocenters. The van der Waals surface area contributed by atoms with Crippen LogP contribution in [0.5, 0.6) is 17.4 Å². The topological polar surface area (TPSA) is 79.8 Å². The number of methoxy groups -OCH3 is 1. The van der Waals surface area contributed by atoms with Crippen molar-refractivity contribution in [3.8, 4) is 17.4 Å². The number of hydrogen-bond donors (Lipinski definition) is 1. The van der Waals surface area contributed by atoms with E-state index >= 15 is 0 Å². The van der Waals surface area contributed by atoms with Gasteiger partial charge in [0, 0.05) is 33.7 Å². The molecule has 2 aromatic rings. The summed E-state index contributed by atoms with van der Waals surface area (Å²) < 4.78 is 10.9. The lowest BCUT2D eigenvalue weighted by Crippen LogP contribution is -2.41. The van der Waals surface area contributed by atoms with Crippen molar-refractivity contribution in [2.75, 3.05) is 45.7 Å². The number of hydrogen-bond acceptors (Lipinski definition) is 6. The van der Waals surface area contributed by atoms with Crippen LogP contribution in [0.2, 0.25) is 0 Å². The van der Waals surface area contributed by atoms with Crippen molar-refractivity contribution in [1.82, 2.24) is 20.2 Å². The maximum Gasteiger partial charge on any atom is 0.317 e. The fourth-order valence-electron chi connectivity index (χ4n) is 2.14. The molecule has 2 amide bonds. The molecule has 8 nitrogen and oxygen atoms in total. The van der Waals surface area contributed by atoms with Gasteiger partial charge in [0.05, 0.1) is 19.5 Å². The highest BCUT2D eigenvalue weighted by Crippen LogP contribution is 2.23. The summed E-state index contributed by atoms with van der Waals surface area (Å²) in [6.45, 7) is 3.68. The Balaban J connectivity index is 1.95. The molecule has 1 N–H and O–H groups in total. The number of urea groups is 1. The van der Waals surface area contributed by atoms with E-state index < -0.39 is 0 Å². The zero-order chi connectivity index (χ0) is 18.9. The minimum absolute atomic E-state index is 0.0939. The molecule has 0 bridgehead atoms. The standard InChI is InChI=1S/C18H25N5O3/c1-5-20-18(24)23(3)11-10-22(2)16-12-19-13-17(21-16)26-15-8-6-14(25-4)7-9-15/h6-9,12-13H,5,10-11H2,1-4H3,(H,20,24). The molecule has 0 saturated heterocycles. The van der Waals surface area contributed by atoms with Gasteiger partial charge in [-0.05, 0) is 31.2 Å². The number of ether oxygens (including phenoxy) is 2. The summed E-state index contributed by atoms with van der Waals surface area (Å²) in [6, 6.07) is 7.14. The van der Waals surface area contributed by atoms with Gasteiger partial charge in [-0.15, -0.1) is 0 Å². The van der Waals surface area contributed by atoms with E-state index in [-0.39, 0.29) is 6.03 Å². The molecule has 0 aliphatic heterocycles. The van der Waals surface area contributed by atoms with Crippen LogP contribution in [0, 0.1) is 0 Å². The highest BCUT2D eigenvalue weighted by Gasteiger charge is 2.10. The number of rotatable bonds is 8. The summed E-state index contributed by atoms with van der Waals surface area (Å²) in [5.41, 5.74) is 0. The largest absolute Gasteiger partial charge is 0.497 e. The third-order valence-corrected chi connectivity index (χ3v) is 3.72. The summed E-state index contributed by atoms with van der Waals surface area (Å²) in [7, 11) is 5.27. The molecule has 0 aliphatic rings. The molecule has 0 aliphatic carbocycles. The Morgan fingerprint density at radius 1 is 1.12 bits per heavy atom. The van der Waals surface area contributed by atoms with Gasteiger partial charge in [0.15, 0.2) is 5.82 Å². The van der Waals surface area contributed by atoms with Crippen molar-refractivity contribution in [2.24, 2.45) is 0 Å². The predicted octanol–water partition coefficient (Wildman–Crippen LogP) is 2.38. The van der Waals surface area contributed by atoms with E-state index in [9.17, 15) is 4.79 Å². The van der Waals surface area contributed by atoms with Gasteiger partial charge in [0.1, 0.15) is 11.5 Å². The highest BCUT2D eigenvalue weighted by atomic mass is 16.5. The Morgan fingerprint density at radius 3 is 2.46 bits per heavy atom. The molecule has 140 valence electrons. The van der Waals surface area contributed by atoms with E-state index in [1.165, 1.54) is 0 Å². The normalized spacial score (nSPS) is 10.2. The monoisotopic (exact) mass is 359 g/mol. The van der Waals surface area contributed by atoms with Crippen LogP contribution in [0.25, 0.3) is 0 Å². The average molecular weight is 359 g/mol. The third kappa shape index (κ3) is 5.51. The van der Waals surface area contributed by atoms with Crippen molar-refractivity contribution in [2.45, 2.75) is 6.92 Å². The number of likely N-dealkylation sites (N-methyl/N-ethyl adjacent to an activating group) is 2. The lowest BCUT2D eigenvalue weighted by atomic mass is 10.3. The lowest BCUT2D eigenvalue weighted by molar-refractivity contribution is 0.210. The lowest BCUT2D eigenvalue weighted by Gasteiger charge is -2.23. The zero-order valence-corrected chi connectivity index (χ0v) is 15.6. The summed E-state index contributed by atoms with van der Waals surface area (Å²) in [5.74, 6) is 2.47. The number of benzene rings is 1. The molecule has 1 aromatic heterocycles. The van der Waals surface area contributed by atoms with Crippen LogP contribution >= 0.6 is 0 Å². The summed E-state index contributed by atoms with van der Waals surface area (Å²) in [4.78, 5) is 23.9. The summed E-state index contributed by atoms with van der Waals surface area (Å²) >= 11 is 0. The second kappa shape index (κ2) is 9.45. The van der Waals surface area contributed by atoms with Crippen LogP contribution in [-0.4, -0.2) is 61.7 Å². The van der Waals surface area contributed by atoms with Gasteiger partial charge in [-0.2, -0.15) is 4.98 Å². The fourth-order valence-corrected chi connectivity index (χ4v) is 2.14. The predicted molar refractivity (Wildman–Crippen MR) is 100 cm³/mol. The van der Waals surface area contributed by atoms with Crippen LogP contribution in [0.3, 0.4) is 0 Å². The van der Waals surface area contributed by atoms with Crippen molar-refractivity contribution >= 4 is 11.8 Å². The molecular formula is C18H25N5O3. The van der Waals surface area contributed by atoms with Crippen LogP contribution in [-0.2, 0) is 0 Å². The first-order valence-electron chi connectivity index (χ1n) is 8.37. The summed E-state index contributed by atoms with van der Waals surface area (Å²) in [6.07, 6.45) is 3.22. The Morgan fingerprint density at radius 2 is 1.81 bits per heavy atom. The number of nitrogens with one attached hydrogen (secondary N) is 1. The molecule has 1 aromatic carbocycles. The Bertz CT molecular complexity index is 708. The maximum atomic E-state index is 11.7. The number of carbonyl (C=O) groups is 1. The van der Waals surface area contributed by atoms with Crippen LogP contribution in [0.1, 0.15) is 6.92 Å². The van der Waals surface area contributed by atoms with Gasteiger partial charge in [-0.1, -0.05) is 0 Å². The van der Waals surface area contributed by atoms with Crippen LogP contribution < -0.4 is 19.7 Å². The summed E-state index contributed by atoms with van der Waals surface area (Å²) in [5, 5.41) is 2.76. The number of aromatic nitrogens is 2. The number of carbonyl (C=O) groups excluding carboxylic acids is 1. The maximum absolute atomic E-state index is 11.7. The van der Waals surface area contributed by atoms with Crippen LogP contribution in [0.4, 0.5) is 10.6 Å². The molecule has 8 heteroatoms. The first-order chi connectivity index (χ1) is 12.5. The van der Waals surface area contributed by atoms with E-state index in [1.54, 1.807) is 43.6 Å². The minimum atomic E-state index is -0.0939. The highest BCUT2D eigenvalue weighted by molar-refractivity contribution is 5.73. The second-order valence-corrected chi connectivity index (χ2v) is 5.67. The first kappa shape index (κ1) is 19.3. The molecule has 26 heavy (non-hydrogen) atoms. The van der Waals surface area contributed by atoms with E-state index in [0.717, 1.165) is 5.75 Å². The third-order valence-electron chi connectivity index (χ3n) is 3.72. The Hall–Kier alpha value is -3.03. The quantitative estimate of drug-likeness (QED) is 0.779. The van der Waals surface area contributed by atoms with Crippen molar-refractivity contribution in [3.05, 3.63) is 36.7 Å². The SMILES string of the molecule is CCNC(=O)N(C)CCN(C)c1cncc(Oc2ccc(OC)cc2)n1. The smallest absolute Gasteiger partial charge is 0.317 e. The van der Waals surface area contributed by atoms with Gasteiger partial charge in [0.25, 0.3) is 0 Å². The molecule has 0 saturated carbocycles. The Kier molecular flexibility index (Phi) is 7.02. The fraction of sp³-hybridized carbons (Fsp3) is 0.389. The number of nitrogens with zero attached hydrogens (tertiary/aromatic N) is 4. The number of anilines is 1. The van der Waals surface area contributed by atoms with Gasteiger partial charge in [0.2, 0.25) is 5.88 Å². The molecule has 0 spiro atoms. The first-order valence-corrected chi connectivity index (χ1v) is 8.37. The zero-order valence-electron chi connectivity index (χ0n) is 15.6. The van der Waals surface area contributed by atoms with Crippen molar-refractivity contribution in [1.29, 1.82) is 0 Å². The Labute approximate surface area is 153 Å². The van der Waals surface area contributed by atoms with Gasteiger partial charge in [-0.3, -0.25) is 4.98 Å².